The Morgan fingerprint density at radius 2 is 1.77 bits per heavy atom. The van der Waals surface area contributed by atoms with Crippen LogP contribution in [-0.4, -0.2) is 29.4 Å². The topological polar surface area (TPSA) is 95.1 Å². The third kappa shape index (κ3) is 4.59. The van der Waals surface area contributed by atoms with Crippen molar-refractivity contribution >= 4 is 17.8 Å². The van der Waals surface area contributed by atoms with E-state index >= 15 is 0 Å². The molecular weight excluding hydrogens is 399 g/mol. The van der Waals surface area contributed by atoms with E-state index in [0.717, 1.165) is 10.6 Å². The van der Waals surface area contributed by atoms with Crippen LogP contribution in [0.15, 0.2) is 54.6 Å². The largest absolute Gasteiger partial charge is 0.344 e. The number of halogens is 1. The number of urea groups is 1. The zero-order valence-corrected chi connectivity index (χ0v) is 17.9. The van der Waals surface area contributed by atoms with E-state index in [9.17, 15) is 18.8 Å². The third-order valence-corrected chi connectivity index (χ3v) is 5.66. The van der Waals surface area contributed by atoms with Crippen molar-refractivity contribution in [1.29, 1.82) is 0 Å². The highest BCUT2D eigenvalue weighted by Crippen LogP contribution is 2.31. The fourth-order valence-corrected chi connectivity index (χ4v) is 3.92. The average Bonchev–Trinajstić information content (AvgIpc) is 3.00. The fourth-order valence-electron chi connectivity index (χ4n) is 3.92. The number of nitrogens with one attached hydrogen (secondary N) is 2. The molecule has 0 radical (unpaired) electrons. The first-order valence-electron chi connectivity index (χ1n) is 10.4. The Morgan fingerprint density at radius 1 is 1.13 bits per heavy atom. The molecule has 0 aromatic heterocycles. The van der Waals surface area contributed by atoms with E-state index in [0.29, 0.717) is 12.0 Å². The summed E-state index contributed by atoms with van der Waals surface area (Å²) in [6, 6.07) is 14.4. The standard InChI is InChI=1S/C23H27FN4O3/c1-4-23(17-8-6-5-7-9-17)21(30)28(22(31)26-23)27-19(29)14-25-20(15(2)3)16-10-12-18(24)13-11-16/h5-13,15,20,25H,4,14H2,1-3H3,(H,26,31)(H,27,29)/p+1/t20-,23-/m1/s1. The van der Waals surface area contributed by atoms with E-state index in [1.165, 1.54) is 12.1 Å². The van der Waals surface area contributed by atoms with Crippen molar-refractivity contribution < 1.29 is 24.1 Å². The number of quaternary nitrogens is 1. The summed E-state index contributed by atoms with van der Waals surface area (Å²) in [5, 5.41) is 5.30. The molecule has 4 amide bonds. The van der Waals surface area contributed by atoms with Gasteiger partial charge in [-0.1, -0.05) is 63.2 Å². The van der Waals surface area contributed by atoms with E-state index in [-0.39, 0.29) is 24.3 Å². The van der Waals surface area contributed by atoms with Crippen LogP contribution in [0.25, 0.3) is 0 Å². The Kier molecular flexibility index (Phi) is 6.70. The molecule has 0 aliphatic carbocycles. The first-order chi connectivity index (χ1) is 14.8. The van der Waals surface area contributed by atoms with Crippen LogP contribution in [0, 0.1) is 11.7 Å². The van der Waals surface area contributed by atoms with E-state index < -0.39 is 23.4 Å². The lowest BCUT2D eigenvalue weighted by Crippen LogP contribution is -2.88. The van der Waals surface area contributed by atoms with Crippen LogP contribution in [0.2, 0.25) is 0 Å². The number of rotatable bonds is 8. The molecule has 0 spiro atoms. The minimum Gasteiger partial charge on any atom is -0.332 e. The Bertz CT molecular complexity index is 949. The summed E-state index contributed by atoms with van der Waals surface area (Å²) in [6.07, 6.45) is 0.347. The van der Waals surface area contributed by atoms with Gasteiger partial charge in [0, 0.05) is 11.5 Å². The van der Waals surface area contributed by atoms with Gasteiger partial charge in [-0.2, -0.15) is 5.01 Å². The molecule has 2 atom stereocenters. The minimum atomic E-state index is -1.20. The van der Waals surface area contributed by atoms with Crippen LogP contribution in [0.3, 0.4) is 0 Å². The normalized spacial score (nSPS) is 19.5. The van der Waals surface area contributed by atoms with E-state index in [2.05, 4.69) is 10.7 Å². The molecule has 2 aromatic carbocycles. The van der Waals surface area contributed by atoms with Gasteiger partial charge in [-0.3, -0.25) is 15.0 Å². The van der Waals surface area contributed by atoms with Crippen LogP contribution in [0.1, 0.15) is 44.4 Å². The second-order valence-electron chi connectivity index (χ2n) is 7.99. The maximum atomic E-state index is 13.2. The zero-order valence-electron chi connectivity index (χ0n) is 17.9. The molecule has 1 fully saturated rings. The van der Waals surface area contributed by atoms with Crippen LogP contribution >= 0.6 is 0 Å². The number of hydrazine groups is 1. The van der Waals surface area contributed by atoms with E-state index in [1.54, 1.807) is 43.3 Å². The lowest BCUT2D eigenvalue weighted by atomic mass is 9.87. The minimum absolute atomic E-state index is 0.00173. The van der Waals surface area contributed by atoms with Crippen molar-refractivity contribution in [3.8, 4) is 0 Å². The maximum Gasteiger partial charge on any atom is 0.344 e. The van der Waals surface area contributed by atoms with Crippen LogP contribution in [0.5, 0.6) is 0 Å². The Labute approximate surface area is 181 Å². The Balaban J connectivity index is 1.68. The summed E-state index contributed by atoms with van der Waals surface area (Å²) in [5.74, 6) is -1.13. The third-order valence-electron chi connectivity index (χ3n) is 5.66. The van der Waals surface area contributed by atoms with Crippen molar-refractivity contribution in [1.82, 2.24) is 15.8 Å². The van der Waals surface area contributed by atoms with Crippen molar-refractivity contribution in [2.45, 2.75) is 38.8 Å². The number of benzene rings is 2. The predicted molar refractivity (Wildman–Crippen MR) is 113 cm³/mol. The highest BCUT2D eigenvalue weighted by atomic mass is 19.1. The van der Waals surface area contributed by atoms with Gasteiger partial charge in [0.1, 0.15) is 17.4 Å². The quantitative estimate of drug-likeness (QED) is 0.562. The summed E-state index contributed by atoms with van der Waals surface area (Å²) in [5.41, 5.74) is 2.79. The number of nitrogens with two attached hydrogens (primary N) is 1. The monoisotopic (exact) mass is 427 g/mol. The number of amides is 4. The van der Waals surface area contributed by atoms with Crippen molar-refractivity contribution in [2.75, 3.05) is 6.54 Å². The molecule has 4 N–H and O–H groups in total. The lowest BCUT2D eigenvalue weighted by Gasteiger charge is -2.25. The Morgan fingerprint density at radius 3 is 2.35 bits per heavy atom. The first-order valence-corrected chi connectivity index (χ1v) is 10.4. The first kappa shape index (κ1) is 22.4. The van der Waals surface area contributed by atoms with Gasteiger partial charge in [0.05, 0.1) is 0 Å². The van der Waals surface area contributed by atoms with Gasteiger partial charge in [0.25, 0.3) is 11.8 Å². The summed E-state index contributed by atoms with van der Waals surface area (Å²) in [7, 11) is 0. The fraction of sp³-hybridized carbons (Fsp3) is 0.348. The molecule has 31 heavy (non-hydrogen) atoms. The number of carbonyl (C=O) groups is 3. The molecular formula is C23H28FN4O3+. The molecule has 1 saturated heterocycles. The predicted octanol–water partition coefficient (Wildman–Crippen LogP) is 1.97. The van der Waals surface area contributed by atoms with Gasteiger partial charge < -0.3 is 10.6 Å². The summed E-state index contributed by atoms with van der Waals surface area (Å²) < 4.78 is 13.2. The molecule has 2 aromatic rings. The summed E-state index contributed by atoms with van der Waals surface area (Å²) >= 11 is 0. The molecule has 7 nitrogen and oxygen atoms in total. The molecule has 0 bridgehead atoms. The van der Waals surface area contributed by atoms with Gasteiger partial charge in [0.15, 0.2) is 6.54 Å². The van der Waals surface area contributed by atoms with Gasteiger partial charge in [-0.15, -0.1) is 0 Å². The maximum absolute atomic E-state index is 13.2. The molecule has 0 saturated carbocycles. The second kappa shape index (κ2) is 9.26. The number of imide groups is 1. The highest BCUT2D eigenvalue weighted by molar-refractivity contribution is 6.08. The van der Waals surface area contributed by atoms with Gasteiger partial charge >= 0.3 is 6.03 Å². The molecule has 8 heteroatoms. The highest BCUT2D eigenvalue weighted by Gasteiger charge is 2.52. The lowest BCUT2D eigenvalue weighted by molar-refractivity contribution is -0.692. The van der Waals surface area contributed by atoms with Crippen LogP contribution < -0.4 is 16.1 Å². The van der Waals surface area contributed by atoms with Crippen molar-refractivity contribution in [3.05, 3.63) is 71.5 Å². The molecule has 1 heterocycles. The SMILES string of the molecule is CC[C@]1(c2ccccc2)NC(=O)N(NC(=O)C[NH2+][C@@H](c2ccc(F)cc2)C(C)C)C1=O. The molecule has 1 aliphatic rings. The number of carbonyl (C=O) groups excluding carboxylic acids is 3. The van der Waals surface area contributed by atoms with Crippen LogP contribution in [0.4, 0.5) is 9.18 Å². The van der Waals surface area contributed by atoms with Gasteiger partial charge in [-0.25, -0.2) is 9.18 Å². The summed E-state index contributed by atoms with van der Waals surface area (Å²) in [6.45, 7) is 5.83. The van der Waals surface area contributed by atoms with Gasteiger partial charge in [-0.05, 0) is 24.1 Å². The van der Waals surface area contributed by atoms with E-state index in [1.807, 2.05) is 25.2 Å². The second-order valence-corrected chi connectivity index (χ2v) is 7.99. The average molecular weight is 428 g/mol. The molecule has 164 valence electrons. The van der Waals surface area contributed by atoms with Crippen molar-refractivity contribution in [2.24, 2.45) is 5.92 Å². The molecule has 1 aliphatic heterocycles. The number of nitrogens with zero attached hydrogens (tertiary/aromatic N) is 1. The molecule has 0 unspecified atom stereocenters. The van der Waals surface area contributed by atoms with Gasteiger partial charge in [0.2, 0.25) is 0 Å². The van der Waals surface area contributed by atoms with Crippen LogP contribution in [-0.2, 0) is 15.1 Å². The number of hydrogen-bond acceptors (Lipinski definition) is 3. The summed E-state index contributed by atoms with van der Waals surface area (Å²) in [4.78, 5) is 38.2. The zero-order chi connectivity index (χ0) is 22.6. The Hall–Kier alpha value is -3.26. The molecule has 3 rings (SSSR count). The van der Waals surface area contributed by atoms with Crippen molar-refractivity contribution in [3.63, 3.8) is 0 Å². The smallest absolute Gasteiger partial charge is 0.332 e. The number of hydrogen-bond donors (Lipinski definition) is 3. The van der Waals surface area contributed by atoms with E-state index in [4.69, 9.17) is 0 Å².